The number of hydrogen-bond acceptors (Lipinski definition) is 1. The largest absolute Gasteiger partial charge is 0.360 e. The van der Waals surface area contributed by atoms with Crippen LogP contribution in [0.5, 0.6) is 0 Å². The molecule has 1 N–H and O–H groups in total. The minimum absolute atomic E-state index is 0.981. The molecule has 0 saturated heterocycles. The summed E-state index contributed by atoms with van der Waals surface area (Å²) in [5, 5.41) is 0. The predicted molar refractivity (Wildman–Crippen MR) is 81.0 cm³/mol. The molecule has 0 atom stereocenters. The minimum atomic E-state index is -0.981. The van der Waals surface area contributed by atoms with Gasteiger partial charge in [0, 0.05) is 0 Å². The molecule has 0 saturated carbocycles. The summed E-state index contributed by atoms with van der Waals surface area (Å²) in [4.78, 5) is 0. The van der Waals surface area contributed by atoms with Crippen molar-refractivity contribution < 1.29 is 0 Å². The molecule has 1 aromatic rings. The Morgan fingerprint density at radius 1 is 0.750 bits per heavy atom. The van der Waals surface area contributed by atoms with Gasteiger partial charge >= 0.3 is 0 Å². The Morgan fingerprint density at radius 2 is 1.12 bits per heavy atom. The molecule has 0 bridgehead atoms. The number of benzene rings is 1. The normalized spacial score (nSPS) is 11.7. The smallest absolute Gasteiger partial charge is 0.109 e. The molecular weight excluding hydrogens is 226 g/mol. The first-order valence-corrected chi connectivity index (χ1v) is 12.9. The van der Waals surface area contributed by atoms with E-state index in [0.29, 0.717) is 0 Å². The van der Waals surface area contributed by atoms with Gasteiger partial charge < -0.3 is 4.65 Å². The lowest BCUT2D eigenvalue weighted by Crippen LogP contribution is -2.55. The van der Waals surface area contributed by atoms with Crippen LogP contribution in [0.4, 0.5) is 0 Å². The summed E-state index contributed by atoms with van der Waals surface area (Å²) in [7, 11) is -1.96. The van der Waals surface area contributed by atoms with Gasteiger partial charge in [0.1, 0.15) is 16.5 Å². The van der Waals surface area contributed by atoms with E-state index >= 15 is 0 Å². The number of nitrogens with one attached hydrogen (secondary N) is 1. The Labute approximate surface area is 103 Å². The van der Waals surface area contributed by atoms with Crippen molar-refractivity contribution in [2.45, 2.75) is 46.2 Å². The van der Waals surface area contributed by atoms with Crippen molar-refractivity contribution in [1.82, 2.24) is 4.65 Å². The van der Waals surface area contributed by atoms with Crippen LogP contribution in [0.3, 0.4) is 0 Å². The van der Waals surface area contributed by atoms with Gasteiger partial charge in [0.15, 0.2) is 0 Å². The summed E-state index contributed by atoms with van der Waals surface area (Å²) < 4.78 is 3.74. The highest BCUT2D eigenvalue weighted by atomic mass is 28.4. The van der Waals surface area contributed by atoms with Crippen LogP contribution in [0.2, 0.25) is 39.3 Å². The van der Waals surface area contributed by atoms with Crippen LogP contribution in [0, 0.1) is 6.92 Å². The maximum Gasteiger partial charge on any atom is 0.109 e. The third-order valence-corrected chi connectivity index (χ3v) is 7.69. The summed E-state index contributed by atoms with van der Waals surface area (Å²) >= 11 is 0. The molecule has 1 aromatic carbocycles. The van der Waals surface area contributed by atoms with Crippen LogP contribution in [0.15, 0.2) is 30.3 Å². The molecule has 0 heterocycles. The van der Waals surface area contributed by atoms with Gasteiger partial charge in [0.25, 0.3) is 0 Å². The second-order valence-corrected chi connectivity index (χ2v) is 16.3. The van der Waals surface area contributed by atoms with E-state index < -0.39 is 16.5 Å². The fourth-order valence-corrected chi connectivity index (χ4v) is 10.7. The van der Waals surface area contributed by atoms with Crippen molar-refractivity contribution >= 4 is 16.5 Å². The molecule has 16 heavy (non-hydrogen) atoms. The van der Waals surface area contributed by atoms with Crippen molar-refractivity contribution in [3.63, 3.8) is 0 Å². The molecule has 0 fully saturated rings. The number of aryl methyl sites for hydroxylation is 1. The minimum Gasteiger partial charge on any atom is -0.360 e. The molecule has 1 nitrogen and oxygen atoms in total. The van der Waals surface area contributed by atoms with Crippen LogP contribution in [0.25, 0.3) is 0 Å². The Balaban J connectivity index is 0.000000288. The van der Waals surface area contributed by atoms with Crippen molar-refractivity contribution in [3.05, 3.63) is 35.9 Å². The fraction of sp³-hybridized carbons (Fsp3) is 0.538. The second-order valence-electron chi connectivity index (χ2n) is 6.28. The van der Waals surface area contributed by atoms with Gasteiger partial charge in [-0.15, -0.1) is 0 Å². The third kappa shape index (κ3) is 11.7. The molecule has 0 aliphatic rings. The van der Waals surface area contributed by atoms with Gasteiger partial charge in [-0.05, 0) is 6.92 Å². The van der Waals surface area contributed by atoms with E-state index in [9.17, 15) is 0 Å². The molecule has 1 rings (SSSR count). The van der Waals surface area contributed by atoms with Gasteiger partial charge in [0.05, 0.1) is 0 Å². The highest BCUT2D eigenvalue weighted by molar-refractivity contribution is 6.90. The fourth-order valence-electron chi connectivity index (χ4n) is 1.66. The summed E-state index contributed by atoms with van der Waals surface area (Å²) in [5.41, 5.74) is 1.32. The van der Waals surface area contributed by atoms with E-state index in [2.05, 4.69) is 63.0 Å². The van der Waals surface area contributed by atoms with Crippen molar-refractivity contribution in [2.75, 3.05) is 0 Å². The van der Waals surface area contributed by atoms with E-state index in [1.54, 1.807) is 0 Å². The summed E-state index contributed by atoms with van der Waals surface area (Å²) in [6, 6.07) is 10.3. The molecule has 0 unspecified atom stereocenters. The average Bonchev–Trinajstić information content (AvgIpc) is 1.99. The lowest BCUT2D eigenvalue weighted by molar-refractivity contribution is 1.30. The summed E-state index contributed by atoms with van der Waals surface area (Å²) in [6.07, 6.45) is 0. The SMILES string of the molecule is C[Si](C)(C)N[Si](C)(C)C.Cc1ccccc1. The number of hydrogen-bond donors (Lipinski definition) is 1. The van der Waals surface area contributed by atoms with E-state index in [4.69, 9.17) is 0 Å². The Bertz CT molecular complexity index is 271. The Hall–Kier alpha value is -0.386. The molecule has 3 heteroatoms. The molecule has 0 radical (unpaired) electrons. The molecule has 0 spiro atoms. The first-order chi connectivity index (χ1) is 7.10. The molecule has 0 aliphatic heterocycles. The van der Waals surface area contributed by atoms with Gasteiger partial charge in [-0.1, -0.05) is 75.2 Å². The van der Waals surface area contributed by atoms with Crippen LogP contribution >= 0.6 is 0 Å². The standard InChI is InChI=1S/C7H8.C6H19NSi2/c1-7-5-3-2-4-6-7;1-8(2,3)7-9(4,5)6/h2-6H,1H3;7H,1-6H3. The summed E-state index contributed by atoms with van der Waals surface area (Å²) in [6.45, 7) is 16.2. The zero-order valence-corrected chi connectivity index (χ0v) is 13.9. The first-order valence-electron chi connectivity index (χ1n) is 5.91. The quantitative estimate of drug-likeness (QED) is 0.777. The molecule has 0 amide bonds. The molecule has 0 aliphatic carbocycles. The number of rotatable bonds is 2. The topological polar surface area (TPSA) is 12.0 Å². The monoisotopic (exact) mass is 253 g/mol. The van der Waals surface area contributed by atoms with Crippen LogP contribution in [-0.2, 0) is 0 Å². The van der Waals surface area contributed by atoms with Gasteiger partial charge in [0.2, 0.25) is 0 Å². The van der Waals surface area contributed by atoms with Gasteiger partial charge in [-0.2, -0.15) is 0 Å². The van der Waals surface area contributed by atoms with Crippen molar-refractivity contribution in [3.8, 4) is 0 Å². The molecule has 92 valence electrons. The van der Waals surface area contributed by atoms with E-state index in [1.807, 2.05) is 18.2 Å². The highest BCUT2D eigenvalue weighted by Crippen LogP contribution is 2.02. The molecular formula is C13H27NSi2. The second kappa shape index (κ2) is 6.37. The highest BCUT2D eigenvalue weighted by Gasteiger charge is 2.22. The van der Waals surface area contributed by atoms with Gasteiger partial charge in [-0.3, -0.25) is 0 Å². The maximum absolute atomic E-state index is 3.74. The Morgan fingerprint density at radius 3 is 1.25 bits per heavy atom. The lowest BCUT2D eigenvalue weighted by atomic mass is 10.2. The zero-order chi connectivity index (χ0) is 12.8. The van der Waals surface area contributed by atoms with Crippen LogP contribution < -0.4 is 4.65 Å². The Kier molecular flexibility index (Phi) is 6.22. The third-order valence-electron chi connectivity index (χ3n) is 1.69. The lowest BCUT2D eigenvalue weighted by Gasteiger charge is -2.28. The van der Waals surface area contributed by atoms with E-state index in [1.165, 1.54) is 5.56 Å². The predicted octanol–water partition coefficient (Wildman–Crippen LogP) is 4.24. The molecule has 0 aromatic heterocycles. The van der Waals surface area contributed by atoms with Crippen LogP contribution in [0.1, 0.15) is 5.56 Å². The van der Waals surface area contributed by atoms with E-state index in [0.717, 1.165) is 0 Å². The zero-order valence-electron chi connectivity index (χ0n) is 11.9. The van der Waals surface area contributed by atoms with E-state index in [-0.39, 0.29) is 0 Å². The average molecular weight is 254 g/mol. The maximum atomic E-state index is 3.74. The van der Waals surface area contributed by atoms with Crippen LogP contribution in [-0.4, -0.2) is 16.5 Å². The van der Waals surface area contributed by atoms with Gasteiger partial charge in [-0.25, -0.2) is 0 Å². The first kappa shape index (κ1) is 15.6. The van der Waals surface area contributed by atoms with Crippen molar-refractivity contribution in [2.24, 2.45) is 0 Å². The summed E-state index contributed by atoms with van der Waals surface area (Å²) in [5.74, 6) is 0. The van der Waals surface area contributed by atoms with Crippen molar-refractivity contribution in [1.29, 1.82) is 0 Å².